The third-order valence-corrected chi connectivity index (χ3v) is 11.0. The van der Waals surface area contributed by atoms with Gasteiger partial charge < -0.3 is 23.6 Å². The number of rotatable bonds is 5. The van der Waals surface area contributed by atoms with Crippen LogP contribution in [-0.4, -0.2) is 55.9 Å². The van der Waals surface area contributed by atoms with E-state index in [-0.39, 0.29) is 34.6 Å². The van der Waals surface area contributed by atoms with Gasteiger partial charge in [0.25, 0.3) is 0 Å². The Labute approximate surface area is 176 Å². The van der Waals surface area contributed by atoms with Crippen LogP contribution in [-0.2, 0) is 25.2 Å². The van der Waals surface area contributed by atoms with Crippen molar-refractivity contribution in [2.24, 2.45) is 0 Å². The van der Waals surface area contributed by atoms with E-state index in [0.717, 1.165) is 5.69 Å². The summed E-state index contributed by atoms with van der Waals surface area (Å²) in [6.45, 7) is 12.5. The second kappa shape index (κ2) is 7.58. The molecule has 1 N–H and O–H groups in total. The number of nitrogens with zero attached hydrogens (tertiary/aromatic N) is 1. The molecule has 2 aromatic heterocycles. The molecular weight excluding hydrogens is 415 g/mol. The van der Waals surface area contributed by atoms with Crippen molar-refractivity contribution in [3.63, 3.8) is 0 Å². The molecule has 1 unspecified atom stereocenters. The quantitative estimate of drug-likeness (QED) is 0.548. The molecule has 0 amide bonds. The molecule has 2 saturated heterocycles. The van der Waals surface area contributed by atoms with Crippen LogP contribution in [0.2, 0.25) is 23.3 Å². The third kappa shape index (κ3) is 4.11. The molecule has 160 valence electrons. The Balaban J connectivity index is 1.37. The number of pyridine rings is 1. The zero-order valence-corrected chi connectivity index (χ0v) is 19.2. The van der Waals surface area contributed by atoms with E-state index in [9.17, 15) is 4.39 Å². The van der Waals surface area contributed by atoms with Gasteiger partial charge in [-0.3, -0.25) is 0 Å². The number of hydrogen-bond donors (Lipinski definition) is 1. The van der Waals surface area contributed by atoms with Gasteiger partial charge in [0.1, 0.15) is 18.3 Å². The first kappa shape index (κ1) is 21.2. The number of hydrogen-bond acceptors (Lipinski definition) is 5. The molecule has 4 atom stereocenters. The summed E-state index contributed by atoms with van der Waals surface area (Å²) in [6, 6.07) is 3.15. The Bertz CT molecular complexity index is 861. The van der Waals surface area contributed by atoms with Crippen molar-refractivity contribution in [2.75, 3.05) is 13.2 Å². The van der Waals surface area contributed by atoms with Crippen LogP contribution in [0.3, 0.4) is 0 Å². The van der Waals surface area contributed by atoms with Crippen molar-refractivity contribution in [1.29, 1.82) is 0 Å². The lowest BCUT2D eigenvalue weighted by atomic mass is 10.1. The van der Waals surface area contributed by atoms with Crippen LogP contribution in [0.1, 0.15) is 26.5 Å². The van der Waals surface area contributed by atoms with Crippen molar-refractivity contribution >= 4 is 31.0 Å². The van der Waals surface area contributed by atoms with Crippen molar-refractivity contribution in [3.8, 4) is 0 Å². The van der Waals surface area contributed by atoms with Crippen LogP contribution < -0.4 is 0 Å². The van der Waals surface area contributed by atoms with Gasteiger partial charge in [0.15, 0.2) is 19.3 Å². The van der Waals surface area contributed by atoms with Crippen LogP contribution in [0.25, 0.3) is 11.0 Å². The van der Waals surface area contributed by atoms with Crippen molar-refractivity contribution in [1.82, 2.24) is 9.97 Å². The summed E-state index contributed by atoms with van der Waals surface area (Å²) in [5, 5.41) is -0.00541. The predicted molar refractivity (Wildman–Crippen MR) is 111 cm³/mol. The van der Waals surface area contributed by atoms with Crippen LogP contribution in [0, 0.1) is 5.82 Å². The topological polar surface area (TPSA) is 65.6 Å². The maximum absolute atomic E-state index is 13.6. The minimum atomic E-state index is -1.91. The van der Waals surface area contributed by atoms with Gasteiger partial charge >= 0.3 is 0 Å². The molecule has 4 heterocycles. The average molecular weight is 443 g/mol. The van der Waals surface area contributed by atoms with Gasteiger partial charge in [-0.2, -0.15) is 0 Å². The van der Waals surface area contributed by atoms with Crippen molar-refractivity contribution in [3.05, 3.63) is 28.8 Å². The summed E-state index contributed by atoms with van der Waals surface area (Å²) in [6.07, 6.45) is -0.477. The maximum Gasteiger partial charge on any atom is 0.192 e. The van der Waals surface area contributed by atoms with E-state index in [2.05, 4.69) is 43.8 Å². The van der Waals surface area contributed by atoms with E-state index >= 15 is 0 Å². The fraction of sp³-hybridized carbons (Fsp3) is 0.650. The minimum absolute atomic E-state index is 0.0584. The van der Waals surface area contributed by atoms with Gasteiger partial charge in [0.05, 0.1) is 37.0 Å². The first-order valence-corrected chi connectivity index (χ1v) is 13.2. The Morgan fingerprint density at radius 3 is 2.55 bits per heavy atom. The van der Waals surface area contributed by atoms with Crippen LogP contribution >= 0.6 is 11.6 Å². The molecule has 0 bridgehead atoms. The molecule has 0 aliphatic carbocycles. The average Bonchev–Trinajstić information content (AvgIpc) is 3.29. The van der Waals surface area contributed by atoms with Crippen molar-refractivity contribution in [2.45, 2.75) is 69.9 Å². The number of aromatic amines is 1. The Morgan fingerprint density at radius 2 is 1.86 bits per heavy atom. The lowest BCUT2D eigenvalue weighted by Gasteiger charge is -2.39. The molecule has 0 saturated carbocycles. The highest BCUT2D eigenvalue weighted by Crippen LogP contribution is 2.40. The fourth-order valence-electron chi connectivity index (χ4n) is 3.57. The molecule has 2 aromatic rings. The summed E-state index contributed by atoms with van der Waals surface area (Å²) in [5.74, 6) is -0.548. The van der Waals surface area contributed by atoms with E-state index in [0.29, 0.717) is 30.9 Å². The summed E-state index contributed by atoms with van der Waals surface area (Å²) in [7, 11) is -1.91. The number of H-pyrrole nitrogens is 1. The van der Waals surface area contributed by atoms with Gasteiger partial charge in [-0.25, -0.2) is 9.37 Å². The number of nitrogens with one attached hydrogen (secondary N) is 1. The second-order valence-electron chi connectivity index (χ2n) is 9.35. The number of aromatic nitrogens is 2. The van der Waals surface area contributed by atoms with E-state index in [4.69, 9.17) is 30.2 Å². The monoisotopic (exact) mass is 442 g/mol. The largest absolute Gasteiger partial charge is 0.409 e. The Morgan fingerprint density at radius 1 is 1.21 bits per heavy atom. The molecular formula is C20H28ClFN2O4Si. The molecule has 6 nitrogen and oxygen atoms in total. The molecule has 4 rings (SSSR count). The molecule has 2 aliphatic rings. The highest BCUT2D eigenvalue weighted by Gasteiger charge is 2.51. The molecule has 9 heteroatoms. The highest BCUT2D eigenvalue weighted by molar-refractivity contribution is 6.74. The first-order chi connectivity index (χ1) is 13.5. The predicted octanol–water partition coefficient (Wildman–Crippen LogP) is 4.43. The summed E-state index contributed by atoms with van der Waals surface area (Å²) < 4.78 is 38.2. The number of ether oxygens (including phenoxy) is 3. The highest BCUT2D eigenvalue weighted by atomic mass is 35.5. The summed E-state index contributed by atoms with van der Waals surface area (Å²) in [4.78, 5) is 7.15. The maximum atomic E-state index is 13.6. The summed E-state index contributed by atoms with van der Waals surface area (Å²) >= 11 is 5.75. The molecule has 2 aliphatic heterocycles. The van der Waals surface area contributed by atoms with Gasteiger partial charge in [-0.15, -0.1) is 0 Å². The summed E-state index contributed by atoms with van der Waals surface area (Å²) in [5.41, 5.74) is 1.99. The molecule has 29 heavy (non-hydrogen) atoms. The van der Waals surface area contributed by atoms with Gasteiger partial charge in [-0.05, 0) is 24.2 Å². The van der Waals surface area contributed by atoms with E-state index in [1.54, 1.807) is 0 Å². The lowest BCUT2D eigenvalue weighted by molar-refractivity contribution is -0.0439. The Hall–Kier alpha value is -1.03. The first-order valence-electron chi connectivity index (χ1n) is 9.91. The van der Waals surface area contributed by atoms with Gasteiger partial charge in [-0.1, -0.05) is 32.4 Å². The number of fused-ring (bicyclic) bond motifs is 2. The Kier molecular flexibility index (Phi) is 5.55. The van der Waals surface area contributed by atoms with E-state index in [1.165, 1.54) is 6.07 Å². The standard InChI is InChI=1S/C20H28ClFN2O4Si/c1-20(2,3)29(4,5)28-16-10-27-17-15(9-26-18(16)17)25-8-11-6-13-14(23-11)7-12(22)19(21)24-13/h6-7,15-18,23H,8-10H2,1-5H3/t15-,16?,17-,18-/m1/s1. The minimum Gasteiger partial charge on any atom is -0.409 e. The normalized spacial score (nSPS) is 27.7. The smallest absolute Gasteiger partial charge is 0.192 e. The van der Waals surface area contributed by atoms with Crippen LogP contribution in [0.15, 0.2) is 12.1 Å². The third-order valence-electron chi connectivity index (χ3n) is 6.24. The van der Waals surface area contributed by atoms with E-state index in [1.807, 2.05) is 6.07 Å². The molecule has 0 aromatic carbocycles. The zero-order valence-electron chi connectivity index (χ0n) is 17.4. The molecule has 0 spiro atoms. The molecule has 0 radical (unpaired) electrons. The van der Waals surface area contributed by atoms with Crippen molar-refractivity contribution < 1.29 is 23.0 Å². The second-order valence-corrected chi connectivity index (χ2v) is 14.5. The van der Waals surface area contributed by atoms with Gasteiger partial charge in [0.2, 0.25) is 0 Å². The number of halogens is 2. The fourth-order valence-corrected chi connectivity index (χ4v) is 5.02. The zero-order chi connectivity index (χ0) is 21.0. The van der Waals surface area contributed by atoms with Gasteiger partial charge in [0, 0.05) is 11.8 Å². The SMILES string of the molecule is CC(C)(C)[Si](C)(C)OC1CO[C@H]2[C@@H]1OC[C@H]2OCc1cc2nc(Cl)c(F)cc2[nH]1. The van der Waals surface area contributed by atoms with E-state index < -0.39 is 14.1 Å². The molecule has 2 fully saturated rings. The van der Waals surface area contributed by atoms with Crippen LogP contribution in [0.4, 0.5) is 4.39 Å². The van der Waals surface area contributed by atoms with Crippen LogP contribution in [0.5, 0.6) is 0 Å². The lowest BCUT2D eigenvalue weighted by Crippen LogP contribution is -2.47.